The molecule has 0 radical (unpaired) electrons. The fourth-order valence-electron chi connectivity index (χ4n) is 3.99. The molecule has 0 spiro atoms. The normalized spacial score (nSPS) is 23.4. The number of nitrogens with one attached hydrogen (secondary N) is 1. The van der Waals surface area contributed by atoms with Gasteiger partial charge in [0.2, 0.25) is 5.91 Å². The molecule has 2 heterocycles. The monoisotopic (exact) mass is 345 g/mol. The highest BCUT2D eigenvalue weighted by Crippen LogP contribution is 2.23. The number of carbonyl (C=O) groups excluding carboxylic acids is 1. The molecule has 2 aliphatic rings. The highest BCUT2D eigenvalue weighted by Gasteiger charge is 2.30. The first kappa shape index (κ1) is 18.2. The summed E-state index contributed by atoms with van der Waals surface area (Å²) in [4.78, 5) is 17.6. The molecule has 1 N–H and O–H groups in total. The zero-order valence-electron chi connectivity index (χ0n) is 15.5. The first-order valence-corrected chi connectivity index (χ1v) is 9.49. The molecule has 2 fully saturated rings. The Morgan fingerprint density at radius 2 is 1.88 bits per heavy atom. The van der Waals surface area contributed by atoms with Crippen LogP contribution in [0.5, 0.6) is 5.75 Å². The zero-order chi connectivity index (χ0) is 17.6. The molecule has 138 valence electrons. The second kappa shape index (κ2) is 8.68. The van der Waals surface area contributed by atoms with Gasteiger partial charge in [0, 0.05) is 19.1 Å². The van der Waals surface area contributed by atoms with Gasteiger partial charge in [0.15, 0.2) is 0 Å². The fourth-order valence-corrected chi connectivity index (χ4v) is 3.99. The van der Waals surface area contributed by atoms with Gasteiger partial charge in [-0.15, -0.1) is 0 Å². The van der Waals surface area contributed by atoms with Crippen LogP contribution in [-0.2, 0) is 11.3 Å². The Morgan fingerprint density at radius 1 is 1.16 bits per heavy atom. The van der Waals surface area contributed by atoms with E-state index in [1.54, 1.807) is 7.11 Å². The van der Waals surface area contributed by atoms with Crippen molar-refractivity contribution in [2.24, 2.45) is 5.92 Å². The number of amides is 1. The molecular formula is C20H31N3O2. The number of benzene rings is 1. The number of hydrogen-bond donors (Lipinski definition) is 1. The summed E-state index contributed by atoms with van der Waals surface area (Å²) in [6.45, 7) is 5.01. The molecular weight excluding hydrogens is 314 g/mol. The second-order valence-corrected chi connectivity index (χ2v) is 7.43. The lowest BCUT2D eigenvalue weighted by atomic mass is 9.93. The Balaban J connectivity index is 1.47. The van der Waals surface area contributed by atoms with Crippen molar-refractivity contribution >= 4 is 5.91 Å². The number of likely N-dealkylation sites (tertiary alicyclic amines) is 2. The van der Waals surface area contributed by atoms with Crippen LogP contribution in [0.1, 0.15) is 31.2 Å². The summed E-state index contributed by atoms with van der Waals surface area (Å²) in [7, 11) is 3.86. The van der Waals surface area contributed by atoms with Gasteiger partial charge in [0.25, 0.3) is 0 Å². The standard InChI is InChI=1S/C20H31N3O2/c1-22-12-9-18(10-13-22)23-11-3-4-17(15-23)20(24)21-14-16-5-7-19(25-2)8-6-16/h5-8,17-18H,3-4,9-15H2,1-2H3,(H,21,24). The molecule has 25 heavy (non-hydrogen) atoms. The molecule has 0 aromatic heterocycles. The predicted molar refractivity (Wildman–Crippen MR) is 99.7 cm³/mol. The maximum atomic E-state index is 12.6. The van der Waals surface area contributed by atoms with Crippen molar-refractivity contribution < 1.29 is 9.53 Å². The maximum Gasteiger partial charge on any atom is 0.224 e. The highest BCUT2D eigenvalue weighted by molar-refractivity contribution is 5.79. The molecule has 0 saturated carbocycles. The van der Waals surface area contributed by atoms with Crippen LogP contribution in [0.2, 0.25) is 0 Å². The van der Waals surface area contributed by atoms with Gasteiger partial charge in [0.05, 0.1) is 13.0 Å². The second-order valence-electron chi connectivity index (χ2n) is 7.43. The van der Waals surface area contributed by atoms with Gasteiger partial charge in [-0.3, -0.25) is 9.69 Å². The lowest BCUT2D eigenvalue weighted by molar-refractivity contribution is -0.127. The van der Waals surface area contributed by atoms with Gasteiger partial charge in [0.1, 0.15) is 5.75 Å². The Bertz CT molecular complexity index is 553. The van der Waals surface area contributed by atoms with Crippen molar-refractivity contribution in [2.45, 2.75) is 38.3 Å². The molecule has 5 nitrogen and oxygen atoms in total. The van der Waals surface area contributed by atoms with Crippen molar-refractivity contribution in [1.29, 1.82) is 0 Å². The SMILES string of the molecule is COc1ccc(CNC(=O)C2CCCN(C3CCN(C)CC3)C2)cc1. The van der Waals surface area contributed by atoms with E-state index in [4.69, 9.17) is 4.74 Å². The van der Waals surface area contributed by atoms with Gasteiger partial charge < -0.3 is 15.0 Å². The summed E-state index contributed by atoms with van der Waals surface area (Å²) in [5, 5.41) is 3.12. The summed E-state index contributed by atoms with van der Waals surface area (Å²) in [6, 6.07) is 8.54. The van der Waals surface area contributed by atoms with Crippen LogP contribution in [0.3, 0.4) is 0 Å². The van der Waals surface area contributed by atoms with Crippen LogP contribution < -0.4 is 10.1 Å². The topological polar surface area (TPSA) is 44.8 Å². The third-order valence-corrected chi connectivity index (χ3v) is 5.65. The average molecular weight is 345 g/mol. The minimum atomic E-state index is 0.131. The number of carbonyl (C=O) groups is 1. The first-order valence-electron chi connectivity index (χ1n) is 9.49. The van der Waals surface area contributed by atoms with E-state index in [-0.39, 0.29) is 11.8 Å². The zero-order valence-corrected chi connectivity index (χ0v) is 15.5. The number of nitrogens with zero attached hydrogens (tertiary/aromatic N) is 2. The predicted octanol–water partition coefficient (Wildman–Crippen LogP) is 2.12. The van der Waals surface area contributed by atoms with E-state index < -0.39 is 0 Å². The van der Waals surface area contributed by atoms with Crippen molar-refractivity contribution in [3.63, 3.8) is 0 Å². The Labute approximate surface area is 151 Å². The van der Waals surface area contributed by atoms with Crippen LogP contribution in [0.25, 0.3) is 0 Å². The van der Waals surface area contributed by atoms with Crippen LogP contribution in [0.15, 0.2) is 24.3 Å². The summed E-state index contributed by atoms with van der Waals surface area (Å²) >= 11 is 0. The molecule has 0 aliphatic carbocycles. The third kappa shape index (κ3) is 4.95. The Kier molecular flexibility index (Phi) is 6.32. The fraction of sp³-hybridized carbons (Fsp3) is 0.650. The van der Waals surface area contributed by atoms with E-state index in [0.717, 1.165) is 37.2 Å². The molecule has 2 saturated heterocycles. The minimum absolute atomic E-state index is 0.131. The van der Waals surface area contributed by atoms with Crippen molar-refractivity contribution in [3.8, 4) is 5.75 Å². The van der Waals surface area contributed by atoms with Crippen LogP contribution in [0, 0.1) is 5.92 Å². The minimum Gasteiger partial charge on any atom is -0.497 e. The quantitative estimate of drug-likeness (QED) is 0.888. The van der Waals surface area contributed by atoms with E-state index in [9.17, 15) is 4.79 Å². The molecule has 1 atom stereocenters. The van der Waals surface area contributed by atoms with E-state index in [2.05, 4.69) is 22.2 Å². The summed E-state index contributed by atoms with van der Waals surface area (Å²) in [5.41, 5.74) is 1.11. The number of piperidine rings is 2. The van der Waals surface area contributed by atoms with Gasteiger partial charge in [-0.2, -0.15) is 0 Å². The first-order chi connectivity index (χ1) is 12.2. The van der Waals surface area contributed by atoms with Crippen molar-refractivity contribution in [1.82, 2.24) is 15.1 Å². The molecule has 2 aliphatic heterocycles. The van der Waals surface area contributed by atoms with E-state index in [1.165, 1.54) is 25.9 Å². The van der Waals surface area contributed by atoms with E-state index in [0.29, 0.717) is 12.6 Å². The molecule has 0 bridgehead atoms. The Morgan fingerprint density at radius 3 is 2.56 bits per heavy atom. The van der Waals surface area contributed by atoms with Crippen molar-refractivity contribution in [3.05, 3.63) is 29.8 Å². The summed E-state index contributed by atoms with van der Waals surface area (Å²) in [5.74, 6) is 1.18. The van der Waals surface area contributed by atoms with Crippen LogP contribution >= 0.6 is 0 Å². The van der Waals surface area contributed by atoms with Gasteiger partial charge in [-0.1, -0.05) is 12.1 Å². The number of methoxy groups -OCH3 is 1. The third-order valence-electron chi connectivity index (χ3n) is 5.65. The largest absolute Gasteiger partial charge is 0.497 e. The molecule has 1 aromatic carbocycles. The molecule has 1 unspecified atom stereocenters. The Hall–Kier alpha value is -1.59. The lowest BCUT2D eigenvalue weighted by Gasteiger charge is -2.41. The van der Waals surface area contributed by atoms with Crippen LogP contribution in [0.4, 0.5) is 0 Å². The van der Waals surface area contributed by atoms with Crippen LogP contribution in [-0.4, -0.2) is 62.1 Å². The number of ether oxygens (including phenoxy) is 1. The van der Waals surface area contributed by atoms with E-state index >= 15 is 0 Å². The van der Waals surface area contributed by atoms with Gasteiger partial charge >= 0.3 is 0 Å². The van der Waals surface area contributed by atoms with E-state index in [1.807, 2.05) is 24.3 Å². The summed E-state index contributed by atoms with van der Waals surface area (Å²) in [6.07, 6.45) is 4.61. The number of rotatable bonds is 5. The smallest absolute Gasteiger partial charge is 0.224 e. The molecule has 5 heteroatoms. The lowest BCUT2D eigenvalue weighted by Crippen LogP contribution is -2.50. The molecule has 3 rings (SSSR count). The average Bonchev–Trinajstić information content (AvgIpc) is 2.67. The maximum absolute atomic E-state index is 12.6. The number of hydrogen-bond acceptors (Lipinski definition) is 4. The van der Waals surface area contributed by atoms with Gasteiger partial charge in [-0.25, -0.2) is 0 Å². The highest BCUT2D eigenvalue weighted by atomic mass is 16.5. The van der Waals surface area contributed by atoms with Crippen molar-refractivity contribution in [2.75, 3.05) is 40.3 Å². The molecule has 1 amide bonds. The van der Waals surface area contributed by atoms with Gasteiger partial charge in [-0.05, 0) is 70.1 Å². The molecule has 1 aromatic rings. The summed E-state index contributed by atoms with van der Waals surface area (Å²) < 4.78 is 5.17.